The Hall–Kier alpha value is -3.07. The highest BCUT2D eigenvalue weighted by Gasteiger charge is 2.47. The fourth-order valence-electron chi connectivity index (χ4n) is 4.81. The van der Waals surface area contributed by atoms with Crippen LogP contribution in [0.25, 0.3) is 10.8 Å². The van der Waals surface area contributed by atoms with Crippen molar-refractivity contribution < 1.29 is 31.1 Å². The lowest BCUT2D eigenvalue weighted by Gasteiger charge is -2.23. The molecule has 3 aromatic rings. The summed E-state index contributed by atoms with van der Waals surface area (Å²) in [6.45, 7) is 1.66. The van der Waals surface area contributed by atoms with Crippen LogP contribution < -0.4 is 5.32 Å². The van der Waals surface area contributed by atoms with Crippen LogP contribution in [0.5, 0.6) is 0 Å². The summed E-state index contributed by atoms with van der Waals surface area (Å²) in [5, 5.41) is 5.41. The van der Waals surface area contributed by atoms with E-state index in [0.717, 1.165) is 28.5 Å². The molecule has 0 saturated carbocycles. The molecule has 0 radical (unpaired) electrons. The summed E-state index contributed by atoms with van der Waals surface area (Å²) in [5.41, 5.74) is 0.397. The molecule has 0 aliphatic carbocycles. The number of fused-ring (bicyclic) bond motifs is 1. The second-order valence-corrected chi connectivity index (χ2v) is 8.90. The maximum Gasteiger partial charge on any atom is 0.471 e. The minimum absolute atomic E-state index is 0.171. The summed E-state index contributed by atoms with van der Waals surface area (Å²) in [5.74, 6) is -3.14. The van der Waals surface area contributed by atoms with Gasteiger partial charge in [-0.05, 0) is 40.8 Å². The van der Waals surface area contributed by atoms with Gasteiger partial charge in [-0.15, -0.1) is 0 Å². The van der Waals surface area contributed by atoms with E-state index in [-0.39, 0.29) is 31.2 Å². The molecule has 3 atom stereocenters. The highest BCUT2D eigenvalue weighted by atomic mass is 19.4. The average molecular weight is 494 g/mol. The topological polar surface area (TPSA) is 32.3 Å². The molecule has 9 heteroatoms. The van der Waals surface area contributed by atoms with Crippen molar-refractivity contribution in [3.05, 3.63) is 83.4 Å². The molecular formula is C26H24F6N2O. The number of alkyl halides is 6. The van der Waals surface area contributed by atoms with E-state index in [1.807, 2.05) is 49.4 Å². The highest BCUT2D eigenvalue weighted by molar-refractivity contribution is 5.86. The van der Waals surface area contributed by atoms with Gasteiger partial charge in [0.15, 0.2) is 0 Å². The smallest absolute Gasteiger partial charge is 0.334 e. The van der Waals surface area contributed by atoms with Gasteiger partial charge in [0.05, 0.1) is 5.56 Å². The van der Waals surface area contributed by atoms with Gasteiger partial charge < -0.3 is 10.2 Å². The number of halogens is 6. The Labute approximate surface area is 198 Å². The van der Waals surface area contributed by atoms with Gasteiger partial charge in [0.25, 0.3) is 0 Å². The Kier molecular flexibility index (Phi) is 6.81. The van der Waals surface area contributed by atoms with Crippen LogP contribution in [0.4, 0.5) is 26.3 Å². The molecule has 0 bridgehead atoms. The van der Waals surface area contributed by atoms with Crippen molar-refractivity contribution in [1.82, 2.24) is 10.2 Å². The Bertz CT molecular complexity index is 1200. The fraction of sp³-hybridized carbons (Fsp3) is 0.346. The molecule has 0 spiro atoms. The molecule has 3 nitrogen and oxygen atoms in total. The molecule has 4 rings (SSSR count). The van der Waals surface area contributed by atoms with Gasteiger partial charge in [-0.3, -0.25) is 4.79 Å². The van der Waals surface area contributed by atoms with E-state index in [4.69, 9.17) is 0 Å². The average Bonchev–Trinajstić information content (AvgIpc) is 3.24. The third-order valence-corrected chi connectivity index (χ3v) is 6.59. The van der Waals surface area contributed by atoms with Gasteiger partial charge >= 0.3 is 18.3 Å². The number of rotatable bonds is 5. The largest absolute Gasteiger partial charge is 0.471 e. The lowest BCUT2D eigenvalue weighted by molar-refractivity contribution is -0.184. The first kappa shape index (κ1) is 25.0. The van der Waals surface area contributed by atoms with Crippen LogP contribution in [-0.2, 0) is 11.0 Å². The van der Waals surface area contributed by atoms with E-state index in [1.54, 1.807) is 0 Å². The Morgan fingerprint density at radius 1 is 0.971 bits per heavy atom. The molecular weight excluding hydrogens is 470 g/mol. The van der Waals surface area contributed by atoms with Crippen LogP contribution in [0.15, 0.2) is 66.7 Å². The van der Waals surface area contributed by atoms with Crippen molar-refractivity contribution >= 4 is 16.7 Å². The Morgan fingerprint density at radius 3 is 2.37 bits per heavy atom. The van der Waals surface area contributed by atoms with Gasteiger partial charge in [0, 0.05) is 31.6 Å². The van der Waals surface area contributed by atoms with Crippen molar-refractivity contribution in [2.75, 3.05) is 19.6 Å². The first-order valence-corrected chi connectivity index (χ1v) is 11.2. The quantitative estimate of drug-likeness (QED) is 0.422. The molecule has 1 saturated heterocycles. The lowest BCUT2D eigenvalue weighted by atomic mass is 9.87. The first-order valence-electron chi connectivity index (χ1n) is 11.2. The number of benzene rings is 3. The van der Waals surface area contributed by atoms with Crippen molar-refractivity contribution in [3.8, 4) is 0 Å². The number of amides is 1. The number of hydrogen-bond donors (Lipinski definition) is 1. The van der Waals surface area contributed by atoms with Crippen molar-refractivity contribution in [1.29, 1.82) is 0 Å². The minimum atomic E-state index is -5.04. The predicted molar refractivity (Wildman–Crippen MR) is 121 cm³/mol. The molecule has 1 heterocycles. The van der Waals surface area contributed by atoms with Crippen molar-refractivity contribution in [3.63, 3.8) is 0 Å². The number of nitrogens with zero attached hydrogens (tertiary/aromatic N) is 1. The summed E-state index contributed by atoms with van der Waals surface area (Å²) in [7, 11) is 0. The minimum Gasteiger partial charge on any atom is -0.334 e. The van der Waals surface area contributed by atoms with Gasteiger partial charge in [-0.2, -0.15) is 26.3 Å². The Morgan fingerprint density at radius 2 is 1.66 bits per heavy atom. The first-order chi connectivity index (χ1) is 16.4. The molecule has 3 aromatic carbocycles. The number of carbonyl (C=O) groups is 1. The molecule has 1 amide bonds. The lowest BCUT2D eigenvalue weighted by Crippen LogP contribution is -2.40. The van der Waals surface area contributed by atoms with Crippen molar-refractivity contribution in [2.24, 2.45) is 5.92 Å². The number of carbonyl (C=O) groups excluding carboxylic acids is 1. The summed E-state index contributed by atoms with van der Waals surface area (Å²) in [4.78, 5) is 12.6. The summed E-state index contributed by atoms with van der Waals surface area (Å²) in [6.07, 6.45) is -9.62. The summed E-state index contributed by atoms with van der Waals surface area (Å²) >= 11 is 0. The van der Waals surface area contributed by atoms with E-state index in [1.165, 1.54) is 12.1 Å². The second kappa shape index (κ2) is 9.53. The normalized spacial score (nSPS) is 19.8. The summed E-state index contributed by atoms with van der Waals surface area (Å²) < 4.78 is 79.1. The number of nitrogens with one attached hydrogen (secondary N) is 1. The van der Waals surface area contributed by atoms with Crippen LogP contribution >= 0.6 is 0 Å². The zero-order chi connectivity index (χ0) is 25.4. The van der Waals surface area contributed by atoms with E-state index in [9.17, 15) is 31.1 Å². The van der Waals surface area contributed by atoms with Crippen molar-refractivity contribution in [2.45, 2.75) is 31.2 Å². The van der Waals surface area contributed by atoms with Crippen LogP contribution in [0.2, 0.25) is 0 Å². The molecule has 1 aliphatic rings. The predicted octanol–water partition coefficient (Wildman–Crippen LogP) is 6.31. The van der Waals surface area contributed by atoms with E-state index in [2.05, 4.69) is 5.32 Å². The number of hydrogen-bond acceptors (Lipinski definition) is 2. The Balaban J connectivity index is 1.58. The molecule has 186 valence electrons. The third kappa shape index (κ3) is 5.45. The zero-order valence-electron chi connectivity index (χ0n) is 18.8. The molecule has 0 aromatic heterocycles. The standard InChI is InChI=1S/C26H24F6N2O/c1-16(21-11-5-7-17-6-2-3-10-22(17)21)33-13-19-14-34(24(35)26(30,31)32)15-23(19)18-8-4-9-20(12-18)25(27,28)29/h2-12,16,19,23,33H,13-15H2,1H3/t16-,19?,23?/m1/s1. The van der Waals surface area contributed by atoms with Gasteiger partial charge in [0.2, 0.25) is 0 Å². The maximum absolute atomic E-state index is 13.3. The third-order valence-electron chi connectivity index (χ3n) is 6.59. The molecule has 1 N–H and O–H groups in total. The van der Waals surface area contributed by atoms with Crippen LogP contribution in [0, 0.1) is 5.92 Å². The SMILES string of the molecule is C[C@@H](NCC1CN(C(=O)C(F)(F)F)CC1c1cccc(C(F)(F)F)c1)c1cccc2ccccc12. The van der Waals surface area contributed by atoms with Crippen LogP contribution in [0.1, 0.15) is 35.6 Å². The van der Waals surface area contributed by atoms with E-state index >= 15 is 0 Å². The zero-order valence-corrected chi connectivity index (χ0v) is 18.8. The second-order valence-electron chi connectivity index (χ2n) is 8.90. The molecule has 35 heavy (non-hydrogen) atoms. The van der Waals surface area contributed by atoms with E-state index in [0.29, 0.717) is 4.90 Å². The molecule has 2 unspecified atom stereocenters. The monoisotopic (exact) mass is 494 g/mol. The molecule has 1 fully saturated rings. The summed E-state index contributed by atoms with van der Waals surface area (Å²) in [6, 6.07) is 18.1. The van der Waals surface area contributed by atoms with Crippen LogP contribution in [-0.4, -0.2) is 36.6 Å². The van der Waals surface area contributed by atoms with E-state index < -0.39 is 35.7 Å². The van der Waals surface area contributed by atoms with Gasteiger partial charge in [0.1, 0.15) is 0 Å². The van der Waals surface area contributed by atoms with Gasteiger partial charge in [-0.1, -0.05) is 60.7 Å². The number of likely N-dealkylation sites (tertiary alicyclic amines) is 1. The van der Waals surface area contributed by atoms with Gasteiger partial charge in [-0.25, -0.2) is 0 Å². The fourth-order valence-corrected chi connectivity index (χ4v) is 4.81. The highest BCUT2D eigenvalue weighted by Crippen LogP contribution is 2.38. The maximum atomic E-state index is 13.3. The van der Waals surface area contributed by atoms with Crippen LogP contribution in [0.3, 0.4) is 0 Å². The molecule has 1 aliphatic heterocycles.